The second kappa shape index (κ2) is 7.79. The summed E-state index contributed by atoms with van der Waals surface area (Å²) in [5.74, 6) is -1.22. The average molecular weight is 347 g/mol. The van der Waals surface area contributed by atoms with Crippen molar-refractivity contribution in [3.8, 4) is 11.5 Å². The first-order valence-electron chi connectivity index (χ1n) is 6.39. The number of nitrogens with one attached hydrogen (secondary N) is 1. The quantitative estimate of drug-likeness (QED) is 0.596. The van der Waals surface area contributed by atoms with E-state index in [2.05, 4.69) is 14.2 Å². The molecule has 1 aromatic rings. The third kappa shape index (κ3) is 4.33. The van der Waals surface area contributed by atoms with E-state index in [1.807, 2.05) is 0 Å². The molecule has 1 rings (SSSR count). The van der Waals surface area contributed by atoms with Crippen molar-refractivity contribution in [1.82, 2.24) is 4.72 Å². The van der Waals surface area contributed by atoms with Gasteiger partial charge in [0.2, 0.25) is 10.0 Å². The van der Waals surface area contributed by atoms with Crippen molar-refractivity contribution in [3.05, 3.63) is 17.7 Å². The molecule has 0 amide bonds. The molecule has 0 fully saturated rings. The first-order valence-corrected chi connectivity index (χ1v) is 7.87. The molecule has 0 aliphatic carbocycles. The Hall–Kier alpha value is -2.33. The Bertz CT molecular complexity index is 698. The van der Waals surface area contributed by atoms with Gasteiger partial charge in [-0.05, 0) is 20.0 Å². The maximum atomic E-state index is 12.1. The maximum Gasteiger partial charge on any atom is 0.516 e. The fourth-order valence-electron chi connectivity index (χ4n) is 1.64. The van der Waals surface area contributed by atoms with Crippen LogP contribution in [0.3, 0.4) is 0 Å². The molecule has 0 heterocycles. The molecule has 0 bridgehead atoms. The summed E-state index contributed by atoms with van der Waals surface area (Å²) < 4.78 is 45.0. The van der Waals surface area contributed by atoms with Gasteiger partial charge in [0, 0.05) is 6.07 Å². The number of carbonyl (C=O) groups excluding carboxylic acids is 2. The zero-order chi connectivity index (χ0) is 17.6. The van der Waals surface area contributed by atoms with E-state index in [0.29, 0.717) is 0 Å². The van der Waals surface area contributed by atoms with Gasteiger partial charge in [0.15, 0.2) is 11.5 Å². The minimum absolute atomic E-state index is 0.0142. The summed E-state index contributed by atoms with van der Waals surface area (Å²) >= 11 is 0. The van der Waals surface area contributed by atoms with Crippen LogP contribution in [0.2, 0.25) is 0 Å². The minimum atomic E-state index is -3.86. The summed E-state index contributed by atoms with van der Waals surface area (Å²) in [5, 5.41) is 0. The van der Waals surface area contributed by atoms with Gasteiger partial charge in [-0.25, -0.2) is 22.7 Å². The molecule has 0 spiro atoms. The molecular formula is C13H17NO8S. The zero-order valence-electron chi connectivity index (χ0n) is 13.0. The molecule has 0 unspecified atom stereocenters. The highest BCUT2D eigenvalue weighted by atomic mass is 32.2. The Kier molecular flexibility index (Phi) is 6.34. The van der Waals surface area contributed by atoms with Gasteiger partial charge in [0.25, 0.3) is 0 Å². The Balaban J connectivity index is 3.41. The third-order valence-electron chi connectivity index (χ3n) is 2.69. The number of ether oxygens (including phenoxy) is 4. The van der Waals surface area contributed by atoms with Crippen LogP contribution in [0.5, 0.6) is 11.5 Å². The SMILES string of the molecule is CCOC(=O)OC(=O)c1cc(S(=O)(=O)NC)cc(OC)c1OC. The molecule has 9 nitrogen and oxygen atoms in total. The van der Waals surface area contributed by atoms with Crippen molar-refractivity contribution < 1.29 is 37.0 Å². The minimum Gasteiger partial charge on any atom is -0.493 e. The highest BCUT2D eigenvalue weighted by Gasteiger charge is 2.26. The maximum absolute atomic E-state index is 12.1. The van der Waals surface area contributed by atoms with E-state index in [-0.39, 0.29) is 28.6 Å². The summed E-state index contributed by atoms with van der Waals surface area (Å²) in [6, 6.07) is 2.18. The standard InChI is InChI=1S/C13H17NO8S/c1-5-21-13(16)22-12(15)9-6-8(23(17,18)14-2)7-10(19-3)11(9)20-4/h6-7,14H,5H2,1-4H3. The van der Waals surface area contributed by atoms with Crippen molar-refractivity contribution in [2.24, 2.45) is 0 Å². The Morgan fingerprint density at radius 3 is 2.30 bits per heavy atom. The average Bonchev–Trinajstić information content (AvgIpc) is 2.53. The van der Waals surface area contributed by atoms with Crippen LogP contribution in [-0.4, -0.2) is 48.4 Å². The zero-order valence-corrected chi connectivity index (χ0v) is 13.9. The van der Waals surface area contributed by atoms with E-state index < -0.39 is 22.1 Å². The molecule has 0 atom stereocenters. The lowest BCUT2D eigenvalue weighted by Crippen LogP contribution is -2.20. The summed E-state index contributed by atoms with van der Waals surface area (Å²) in [7, 11) is -0.122. The number of hydrogen-bond acceptors (Lipinski definition) is 8. The van der Waals surface area contributed by atoms with Crippen LogP contribution in [0.4, 0.5) is 4.79 Å². The molecular weight excluding hydrogens is 330 g/mol. The van der Waals surface area contributed by atoms with Crippen molar-refractivity contribution >= 4 is 22.1 Å². The molecule has 23 heavy (non-hydrogen) atoms. The van der Waals surface area contributed by atoms with E-state index in [9.17, 15) is 18.0 Å². The van der Waals surface area contributed by atoms with E-state index in [1.165, 1.54) is 34.3 Å². The van der Waals surface area contributed by atoms with Crippen LogP contribution in [0.25, 0.3) is 0 Å². The molecule has 0 aliphatic heterocycles. The van der Waals surface area contributed by atoms with Gasteiger partial charge >= 0.3 is 12.1 Å². The lowest BCUT2D eigenvalue weighted by Gasteiger charge is -2.14. The first-order chi connectivity index (χ1) is 10.8. The van der Waals surface area contributed by atoms with Gasteiger partial charge in [-0.1, -0.05) is 0 Å². The van der Waals surface area contributed by atoms with Crippen LogP contribution >= 0.6 is 0 Å². The monoisotopic (exact) mass is 347 g/mol. The summed E-state index contributed by atoms with van der Waals surface area (Å²) in [5.41, 5.74) is -0.297. The molecule has 1 N–H and O–H groups in total. The summed E-state index contributed by atoms with van der Waals surface area (Å²) in [4.78, 5) is 23.1. The van der Waals surface area contributed by atoms with Crippen LogP contribution in [0, 0.1) is 0 Å². The topological polar surface area (TPSA) is 117 Å². The molecule has 0 radical (unpaired) electrons. The second-order valence-corrected chi connectivity index (χ2v) is 5.87. The number of benzene rings is 1. The number of hydrogen-bond donors (Lipinski definition) is 1. The smallest absolute Gasteiger partial charge is 0.493 e. The van der Waals surface area contributed by atoms with E-state index in [0.717, 1.165) is 6.07 Å². The van der Waals surface area contributed by atoms with E-state index in [1.54, 1.807) is 0 Å². The van der Waals surface area contributed by atoms with Gasteiger partial charge < -0.3 is 18.9 Å². The lowest BCUT2D eigenvalue weighted by molar-refractivity contribution is 0.0398. The second-order valence-electron chi connectivity index (χ2n) is 3.99. The van der Waals surface area contributed by atoms with Crippen LogP contribution < -0.4 is 14.2 Å². The largest absolute Gasteiger partial charge is 0.516 e. The van der Waals surface area contributed by atoms with E-state index in [4.69, 9.17) is 9.47 Å². The van der Waals surface area contributed by atoms with Crippen molar-refractivity contribution in [2.45, 2.75) is 11.8 Å². The number of rotatable bonds is 6. The van der Waals surface area contributed by atoms with Gasteiger partial charge in [0.05, 0.1) is 25.7 Å². The third-order valence-corrected chi connectivity index (χ3v) is 4.08. The van der Waals surface area contributed by atoms with Crippen LogP contribution in [-0.2, 0) is 19.5 Å². The Labute approximate surface area is 133 Å². The predicted octanol–water partition coefficient (Wildman–Crippen LogP) is 0.925. The number of carbonyl (C=O) groups is 2. The molecule has 0 saturated carbocycles. The van der Waals surface area contributed by atoms with Gasteiger partial charge in [-0.2, -0.15) is 0 Å². The Morgan fingerprint density at radius 1 is 1.17 bits per heavy atom. The first kappa shape index (κ1) is 18.7. The highest BCUT2D eigenvalue weighted by molar-refractivity contribution is 7.89. The molecule has 128 valence electrons. The molecule has 0 aliphatic rings. The van der Waals surface area contributed by atoms with Crippen LogP contribution in [0.15, 0.2) is 17.0 Å². The number of methoxy groups -OCH3 is 2. The number of esters is 1. The normalized spacial score (nSPS) is 10.8. The predicted molar refractivity (Wildman–Crippen MR) is 78.2 cm³/mol. The summed E-state index contributed by atoms with van der Waals surface area (Å²) in [6.07, 6.45) is -1.21. The molecule has 10 heteroatoms. The number of sulfonamides is 1. The molecule has 1 aromatic carbocycles. The summed E-state index contributed by atoms with van der Waals surface area (Å²) in [6.45, 7) is 1.55. The van der Waals surface area contributed by atoms with Crippen molar-refractivity contribution in [3.63, 3.8) is 0 Å². The Morgan fingerprint density at radius 2 is 1.83 bits per heavy atom. The highest BCUT2D eigenvalue weighted by Crippen LogP contribution is 2.34. The van der Waals surface area contributed by atoms with Crippen LogP contribution in [0.1, 0.15) is 17.3 Å². The van der Waals surface area contributed by atoms with Gasteiger partial charge in [0.1, 0.15) is 5.56 Å². The lowest BCUT2D eigenvalue weighted by atomic mass is 10.2. The molecule has 0 aromatic heterocycles. The van der Waals surface area contributed by atoms with Gasteiger partial charge in [-0.15, -0.1) is 0 Å². The molecule has 0 saturated heterocycles. The van der Waals surface area contributed by atoms with E-state index >= 15 is 0 Å². The fourth-order valence-corrected chi connectivity index (χ4v) is 2.41. The fraction of sp³-hybridized carbons (Fsp3) is 0.385. The van der Waals surface area contributed by atoms with Gasteiger partial charge in [-0.3, -0.25) is 0 Å². The van der Waals surface area contributed by atoms with Crippen molar-refractivity contribution in [2.75, 3.05) is 27.9 Å². The van der Waals surface area contributed by atoms with Crippen molar-refractivity contribution in [1.29, 1.82) is 0 Å².